The number of carbonyl (C=O) groups is 2. The molecule has 1 fully saturated rings. The van der Waals surface area contributed by atoms with E-state index in [1.54, 1.807) is 0 Å². The van der Waals surface area contributed by atoms with E-state index in [0.717, 1.165) is 101 Å². The van der Waals surface area contributed by atoms with Crippen LogP contribution in [0.1, 0.15) is 98.2 Å². The molecule has 2 aliphatic rings. The Kier molecular flexibility index (Phi) is 11.4. The number of imidazole rings is 2. The Labute approximate surface area is 334 Å². The second-order valence-electron chi connectivity index (χ2n) is 15.2. The summed E-state index contributed by atoms with van der Waals surface area (Å²) in [6, 6.07) is 33.9. The number of hydrogen-bond acceptors (Lipinski definition) is 6. The normalized spacial score (nSPS) is 16.6. The maximum Gasteiger partial charge on any atom is 0.244 e. The summed E-state index contributed by atoms with van der Waals surface area (Å²) in [6.45, 7) is 8.13. The molecule has 0 unspecified atom stereocenters. The van der Waals surface area contributed by atoms with E-state index in [2.05, 4.69) is 68.4 Å². The SMILES string of the molecule is CCN[C@@H](C(=O)N[C@@H](C)c1nc2c([nH]1)CCCc1cc(-c3ccc(-c4cnc([C@@H]5CCCN5C(=O)[C@H](NCC)c5ccccc5)[nH]4)cc3)ccc1-2)c1ccccc1. The molecule has 4 aromatic carbocycles. The largest absolute Gasteiger partial charge is 0.345 e. The number of hydrogen-bond donors (Lipinski definition) is 5. The standard InChI is InChI=1S/C47H52N8O2/c1-4-48-41(33-14-8-6-9-15-33)46(56)51-30(3)44-52-38-19-12-18-36-28-35(25-26-37(36)43(38)54-44)31-21-23-32(24-22-31)39-29-50-45(53-39)40-20-13-27-55(40)47(57)42(49-5-2)34-16-10-7-11-17-34/h6-11,14-17,21-26,28-30,40-42,48-49H,4-5,12-13,18-20,27H2,1-3H3,(H,50,53)(H,51,56)(H,52,54)/t30-,40-,41+,42+/m0/s1. The first-order valence-electron chi connectivity index (χ1n) is 20.5. The third-order valence-corrected chi connectivity index (χ3v) is 11.4. The van der Waals surface area contributed by atoms with E-state index in [9.17, 15) is 9.59 Å². The Morgan fingerprint density at radius 1 is 0.789 bits per heavy atom. The maximum absolute atomic E-state index is 13.9. The summed E-state index contributed by atoms with van der Waals surface area (Å²) < 4.78 is 0. The topological polar surface area (TPSA) is 131 Å². The zero-order valence-electron chi connectivity index (χ0n) is 33.0. The summed E-state index contributed by atoms with van der Waals surface area (Å²) >= 11 is 0. The van der Waals surface area contributed by atoms with Crippen molar-refractivity contribution >= 4 is 11.8 Å². The van der Waals surface area contributed by atoms with Crippen LogP contribution in [-0.2, 0) is 22.4 Å². The Balaban J connectivity index is 0.959. The molecule has 0 spiro atoms. The minimum Gasteiger partial charge on any atom is -0.345 e. The van der Waals surface area contributed by atoms with Crippen LogP contribution < -0.4 is 16.0 Å². The fourth-order valence-electron chi connectivity index (χ4n) is 8.45. The van der Waals surface area contributed by atoms with Crippen LogP contribution in [0.25, 0.3) is 33.6 Å². The summed E-state index contributed by atoms with van der Waals surface area (Å²) in [5, 5.41) is 9.92. The molecular weight excluding hydrogens is 709 g/mol. The zero-order valence-corrected chi connectivity index (χ0v) is 33.0. The Morgan fingerprint density at radius 3 is 2.18 bits per heavy atom. The minimum absolute atomic E-state index is 0.0732. The van der Waals surface area contributed by atoms with Gasteiger partial charge in [0.25, 0.3) is 0 Å². The zero-order chi connectivity index (χ0) is 39.3. The number of nitrogens with zero attached hydrogens (tertiary/aromatic N) is 3. The predicted molar refractivity (Wildman–Crippen MR) is 225 cm³/mol. The molecule has 3 heterocycles. The molecule has 5 N–H and O–H groups in total. The third-order valence-electron chi connectivity index (χ3n) is 11.4. The highest BCUT2D eigenvalue weighted by Crippen LogP contribution is 2.37. The predicted octanol–water partition coefficient (Wildman–Crippen LogP) is 8.16. The summed E-state index contributed by atoms with van der Waals surface area (Å²) in [5.74, 6) is 1.61. The van der Waals surface area contributed by atoms with E-state index in [1.165, 1.54) is 5.56 Å². The number of benzene rings is 4. The van der Waals surface area contributed by atoms with Crippen molar-refractivity contribution in [2.75, 3.05) is 19.6 Å². The van der Waals surface area contributed by atoms with Gasteiger partial charge in [-0.3, -0.25) is 9.59 Å². The highest BCUT2D eigenvalue weighted by Gasteiger charge is 2.36. The van der Waals surface area contributed by atoms with Gasteiger partial charge >= 0.3 is 0 Å². The molecular formula is C47H52N8O2. The van der Waals surface area contributed by atoms with Gasteiger partial charge in [-0.1, -0.05) is 117 Å². The number of aryl methyl sites for hydroxylation is 2. The highest BCUT2D eigenvalue weighted by atomic mass is 16.2. The van der Waals surface area contributed by atoms with Crippen molar-refractivity contribution in [1.82, 2.24) is 40.8 Å². The molecule has 4 atom stereocenters. The quantitative estimate of drug-likeness (QED) is 0.0808. The number of rotatable bonds is 13. The van der Waals surface area contributed by atoms with E-state index in [4.69, 9.17) is 9.97 Å². The highest BCUT2D eigenvalue weighted by molar-refractivity contribution is 5.84. The molecule has 292 valence electrons. The summed E-state index contributed by atoms with van der Waals surface area (Å²) in [4.78, 5) is 46.3. The molecule has 0 bridgehead atoms. The van der Waals surface area contributed by atoms with Crippen LogP contribution in [-0.4, -0.2) is 56.3 Å². The fourth-order valence-corrected chi connectivity index (χ4v) is 8.45. The van der Waals surface area contributed by atoms with E-state index in [-0.39, 0.29) is 29.9 Å². The van der Waals surface area contributed by atoms with Crippen LogP contribution in [0.5, 0.6) is 0 Å². The number of likely N-dealkylation sites (N-methyl/N-ethyl adjacent to an activating group) is 2. The van der Waals surface area contributed by atoms with Gasteiger partial charge in [-0.05, 0) is 85.5 Å². The molecule has 0 saturated carbocycles. The molecule has 6 aromatic rings. The molecule has 2 amide bonds. The molecule has 1 aliphatic heterocycles. The number of carbonyl (C=O) groups excluding carboxylic acids is 2. The van der Waals surface area contributed by atoms with Gasteiger partial charge in [0.15, 0.2) is 0 Å². The smallest absolute Gasteiger partial charge is 0.244 e. The van der Waals surface area contributed by atoms with Gasteiger partial charge in [0, 0.05) is 17.8 Å². The van der Waals surface area contributed by atoms with Crippen molar-refractivity contribution in [1.29, 1.82) is 0 Å². The lowest BCUT2D eigenvalue weighted by Crippen LogP contribution is -2.40. The first-order valence-corrected chi connectivity index (χ1v) is 20.5. The Hall–Kier alpha value is -5.84. The third kappa shape index (κ3) is 8.06. The van der Waals surface area contributed by atoms with Crippen LogP contribution in [0.2, 0.25) is 0 Å². The van der Waals surface area contributed by atoms with Crippen LogP contribution in [0, 0.1) is 0 Å². The summed E-state index contributed by atoms with van der Waals surface area (Å²) in [6.07, 6.45) is 6.59. The van der Waals surface area contributed by atoms with Crippen LogP contribution in [0.15, 0.2) is 109 Å². The number of aromatic amines is 2. The lowest BCUT2D eigenvalue weighted by molar-refractivity contribution is -0.134. The Morgan fingerprint density at radius 2 is 1.46 bits per heavy atom. The van der Waals surface area contributed by atoms with Gasteiger partial charge in [0.05, 0.1) is 29.7 Å². The lowest BCUT2D eigenvalue weighted by Gasteiger charge is -2.28. The first kappa shape index (κ1) is 38.1. The molecule has 8 rings (SSSR count). The minimum atomic E-state index is -0.432. The number of likely N-dealkylation sites (tertiary alicyclic amines) is 1. The molecule has 1 aliphatic carbocycles. The second-order valence-corrected chi connectivity index (χ2v) is 15.2. The van der Waals surface area contributed by atoms with E-state index < -0.39 is 6.04 Å². The van der Waals surface area contributed by atoms with E-state index >= 15 is 0 Å². The maximum atomic E-state index is 13.9. The molecule has 57 heavy (non-hydrogen) atoms. The average molecular weight is 761 g/mol. The second kappa shape index (κ2) is 17.1. The van der Waals surface area contributed by atoms with Gasteiger partial charge in [-0.15, -0.1) is 0 Å². The number of nitrogens with one attached hydrogen (secondary N) is 5. The molecule has 0 radical (unpaired) electrons. The van der Waals surface area contributed by atoms with Crippen molar-refractivity contribution in [2.45, 2.75) is 77.0 Å². The number of fused-ring (bicyclic) bond motifs is 3. The monoisotopic (exact) mass is 760 g/mol. The van der Waals surface area contributed by atoms with Crippen molar-refractivity contribution < 1.29 is 9.59 Å². The lowest BCUT2D eigenvalue weighted by atomic mass is 9.95. The number of H-pyrrole nitrogens is 2. The van der Waals surface area contributed by atoms with E-state index in [0.29, 0.717) is 13.1 Å². The van der Waals surface area contributed by atoms with Crippen molar-refractivity contribution in [3.05, 3.63) is 143 Å². The van der Waals surface area contributed by atoms with E-state index in [1.807, 2.05) is 92.5 Å². The molecule has 2 aromatic heterocycles. The Bertz CT molecular complexity index is 2300. The van der Waals surface area contributed by atoms with Crippen molar-refractivity contribution in [3.8, 4) is 33.6 Å². The van der Waals surface area contributed by atoms with Gasteiger partial charge < -0.3 is 30.8 Å². The van der Waals surface area contributed by atoms with Gasteiger partial charge in [-0.2, -0.15) is 0 Å². The number of aromatic nitrogens is 4. The van der Waals surface area contributed by atoms with Gasteiger partial charge in [0.2, 0.25) is 11.8 Å². The summed E-state index contributed by atoms with van der Waals surface area (Å²) in [5.41, 5.74) is 10.7. The van der Waals surface area contributed by atoms with Crippen molar-refractivity contribution in [2.24, 2.45) is 0 Å². The average Bonchev–Trinajstić information content (AvgIpc) is 4.01. The van der Waals surface area contributed by atoms with Crippen molar-refractivity contribution in [3.63, 3.8) is 0 Å². The van der Waals surface area contributed by atoms with Crippen LogP contribution in [0.3, 0.4) is 0 Å². The van der Waals surface area contributed by atoms with Gasteiger partial charge in [0.1, 0.15) is 23.7 Å². The molecule has 10 heteroatoms. The molecule has 1 saturated heterocycles. The first-order chi connectivity index (χ1) is 27.9. The fraction of sp³-hybridized carbons (Fsp3) is 0.319. The molecule has 10 nitrogen and oxygen atoms in total. The number of amides is 2. The summed E-state index contributed by atoms with van der Waals surface area (Å²) in [7, 11) is 0. The van der Waals surface area contributed by atoms with Crippen LogP contribution >= 0.6 is 0 Å². The van der Waals surface area contributed by atoms with Gasteiger partial charge in [-0.25, -0.2) is 9.97 Å². The van der Waals surface area contributed by atoms with Crippen LogP contribution in [0.4, 0.5) is 0 Å².